The van der Waals surface area contributed by atoms with Gasteiger partial charge in [-0.3, -0.25) is 4.79 Å². The van der Waals surface area contributed by atoms with Crippen LogP contribution in [0, 0.1) is 5.92 Å². The summed E-state index contributed by atoms with van der Waals surface area (Å²) in [5, 5.41) is 23.2. The molecule has 42 heavy (non-hydrogen) atoms. The second kappa shape index (κ2) is 11.2. The highest BCUT2D eigenvalue weighted by molar-refractivity contribution is 5.82. The zero-order valence-electron chi connectivity index (χ0n) is 24.1. The summed E-state index contributed by atoms with van der Waals surface area (Å²) in [5.41, 5.74) is 5.66. The van der Waals surface area contributed by atoms with Gasteiger partial charge in [-0.1, -0.05) is 31.1 Å². The van der Waals surface area contributed by atoms with E-state index in [1.165, 1.54) is 12.8 Å². The van der Waals surface area contributed by atoms with Crippen LogP contribution in [-0.2, 0) is 16.6 Å². The van der Waals surface area contributed by atoms with Crippen LogP contribution in [0.3, 0.4) is 0 Å². The van der Waals surface area contributed by atoms with E-state index in [0.29, 0.717) is 34.6 Å². The van der Waals surface area contributed by atoms with Gasteiger partial charge < -0.3 is 23.8 Å². The molecule has 11 heteroatoms. The van der Waals surface area contributed by atoms with E-state index in [9.17, 15) is 9.90 Å². The molecule has 0 spiro atoms. The second-order valence-corrected chi connectivity index (χ2v) is 11.0. The Morgan fingerprint density at radius 1 is 1.05 bits per heavy atom. The number of piperidine rings is 1. The largest absolute Gasteiger partial charge is 0.507 e. The Morgan fingerprint density at radius 3 is 2.48 bits per heavy atom. The lowest BCUT2D eigenvalue weighted by Crippen LogP contribution is -2.34. The summed E-state index contributed by atoms with van der Waals surface area (Å²) in [7, 11) is 3.43. The molecular formula is C31H33N7O4. The lowest BCUT2D eigenvalue weighted by molar-refractivity contribution is -0.144. The molecule has 4 aromatic heterocycles. The first-order chi connectivity index (χ1) is 20.3. The Bertz CT molecular complexity index is 1720. The molecule has 1 aliphatic rings. The molecule has 1 fully saturated rings. The molecular weight excluding hydrogens is 534 g/mol. The van der Waals surface area contributed by atoms with Crippen molar-refractivity contribution < 1.29 is 19.2 Å². The number of nitrogens with zero attached hydrogens (tertiary/aromatic N) is 7. The highest BCUT2D eigenvalue weighted by Gasteiger charge is 2.30. The van der Waals surface area contributed by atoms with Gasteiger partial charge in [0.05, 0.1) is 18.3 Å². The fourth-order valence-electron chi connectivity index (χ4n) is 5.76. The number of aromatic nitrogens is 6. The van der Waals surface area contributed by atoms with Gasteiger partial charge in [-0.2, -0.15) is 0 Å². The van der Waals surface area contributed by atoms with Gasteiger partial charge in [-0.15, -0.1) is 10.2 Å². The first kappa shape index (κ1) is 27.4. The number of rotatable bonds is 7. The maximum atomic E-state index is 12.2. The molecule has 11 nitrogen and oxygen atoms in total. The Kier molecular flexibility index (Phi) is 7.32. The van der Waals surface area contributed by atoms with Crippen LogP contribution in [0.5, 0.6) is 5.75 Å². The number of methoxy groups -OCH3 is 1. The average molecular weight is 568 g/mol. The van der Waals surface area contributed by atoms with Gasteiger partial charge in [0, 0.05) is 61.3 Å². The fourth-order valence-corrected chi connectivity index (χ4v) is 5.76. The number of hydrogen-bond acceptors (Lipinski definition) is 10. The summed E-state index contributed by atoms with van der Waals surface area (Å²) in [6.45, 7) is 5.52. The molecule has 1 aromatic carbocycles. The minimum absolute atomic E-state index is 0.00270. The van der Waals surface area contributed by atoms with Crippen molar-refractivity contribution in [2.45, 2.75) is 38.5 Å². The number of anilines is 1. The third-order valence-electron chi connectivity index (χ3n) is 8.10. The summed E-state index contributed by atoms with van der Waals surface area (Å²) in [6, 6.07) is 13.0. The Balaban J connectivity index is 1.13. The summed E-state index contributed by atoms with van der Waals surface area (Å²) in [4.78, 5) is 23.6. The summed E-state index contributed by atoms with van der Waals surface area (Å²) in [6.07, 6.45) is 5.38. The topological polar surface area (TPSA) is 132 Å². The Hall–Kier alpha value is -4.80. The van der Waals surface area contributed by atoms with Crippen molar-refractivity contribution in [3.63, 3.8) is 0 Å². The van der Waals surface area contributed by atoms with E-state index in [4.69, 9.17) is 9.26 Å². The molecule has 1 aliphatic heterocycles. The SMILES string of the molecule is COC(=O)C(c1cc(-c2cnc(N3CCC(c4cc5nnc(-c6ccccc6O)cc5n4C)CC3)nc2)no1)C(C)C. The lowest BCUT2D eigenvalue weighted by Gasteiger charge is -2.32. The lowest BCUT2D eigenvalue weighted by atomic mass is 9.93. The Labute approximate surface area is 243 Å². The van der Waals surface area contributed by atoms with Crippen LogP contribution in [-0.4, -0.2) is 61.2 Å². The molecule has 1 unspecified atom stereocenters. The van der Waals surface area contributed by atoms with Crippen LogP contribution in [0.1, 0.15) is 50.0 Å². The standard InChI is InChI=1S/C31H33N7O4/c1-18(2)29(30(40)41-4)28-15-22(36-42-28)20-16-32-31(33-17-20)38-11-9-19(10-12-38)25-14-24-26(37(25)3)13-23(34-35-24)21-7-5-6-8-27(21)39/h5-8,13-19,29,39H,9-12H2,1-4H3. The number of ether oxygens (including phenoxy) is 1. The molecule has 216 valence electrons. The van der Waals surface area contributed by atoms with E-state index in [1.807, 2.05) is 32.0 Å². The van der Waals surface area contributed by atoms with E-state index in [1.54, 1.807) is 30.6 Å². The van der Waals surface area contributed by atoms with Gasteiger partial charge in [-0.25, -0.2) is 9.97 Å². The van der Waals surface area contributed by atoms with Crippen LogP contribution in [0.2, 0.25) is 0 Å². The van der Waals surface area contributed by atoms with Crippen molar-refractivity contribution >= 4 is 23.0 Å². The fraction of sp³-hybridized carbons (Fsp3) is 0.355. The summed E-state index contributed by atoms with van der Waals surface area (Å²) in [5.74, 6) is 0.820. The molecule has 1 N–H and O–H groups in total. The molecule has 1 saturated heterocycles. The van der Waals surface area contributed by atoms with Crippen molar-refractivity contribution in [3.8, 4) is 28.3 Å². The number of fused-ring (bicyclic) bond motifs is 1. The number of phenolic OH excluding ortho intramolecular Hbond substituents is 1. The number of phenols is 1. The molecule has 0 amide bonds. The third kappa shape index (κ3) is 5.06. The van der Waals surface area contributed by atoms with Crippen molar-refractivity contribution in [3.05, 3.63) is 66.3 Å². The molecule has 0 radical (unpaired) electrons. The molecule has 0 saturated carbocycles. The number of aromatic hydroxyl groups is 1. The van der Waals surface area contributed by atoms with Crippen molar-refractivity contribution in [1.29, 1.82) is 0 Å². The van der Waals surface area contributed by atoms with Crippen LogP contribution >= 0.6 is 0 Å². The summed E-state index contributed by atoms with van der Waals surface area (Å²) < 4.78 is 12.6. The average Bonchev–Trinajstić information content (AvgIpc) is 3.62. The van der Waals surface area contributed by atoms with Crippen LogP contribution in [0.4, 0.5) is 5.95 Å². The molecule has 6 rings (SSSR count). The number of carbonyl (C=O) groups is 1. The minimum atomic E-state index is -0.522. The van der Waals surface area contributed by atoms with Gasteiger partial charge in [0.15, 0.2) is 5.76 Å². The molecule has 1 atom stereocenters. The monoisotopic (exact) mass is 567 g/mol. The predicted octanol–water partition coefficient (Wildman–Crippen LogP) is 5.08. The normalized spacial score (nSPS) is 14.9. The molecule has 5 aromatic rings. The van der Waals surface area contributed by atoms with E-state index in [2.05, 4.69) is 47.9 Å². The van der Waals surface area contributed by atoms with Gasteiger partial charge in [-0.05, 0) is 43.0 Å². The number of esters is 1. The Morgan fingerprint density at radius 2 is 1.79 bits per heavy atom. The smallest absolute Gasteiger partial charge is 0.316 e. The molecule has 0 bridgehead atoms. The molecule has 0 aliphatic carbocycles. The van der Waals surface area contributed by atoms with Gasteiger partial charge in [0.2, 0.25) is 5.95 Å². The highest BCUT2D eigenvalue weighted by Crippen LogP contribution is 2.35. The van der Waals surface area contributed by atoms with E-state index >= 15 is 0 Å². The quantitative estimate of drug-likeness (QED) is 0.265. The zero-order chi connectivity index (χ0) is 29.4. The van der Waals surface area contributed by atoms with Crippen LogP contribution < -0.4 is 4.90 Å². The number of benzene rings is 1. The zero-order valence-corrected chi connectivity index (χ0v) is 24.1. The van der Waals surface area contributed by atoms with Gasteiger partial charge in [0.1, 0.15) is 22.9 Å². The van der Waals surface area contributed by atoms with Gasteiger partial charge >= 0.3 is 5.97 Å². The molecule has 5 heterocycles. The van der Waals surface area contributed by atoms with E-state index < -0.39 is 5.92 Å². The summed E-state index contributed by atoms with van der Waals surface area (Å²) >= 11 is 0. The van der Waals surface area contributed by atoms with Crippen molar-refractivity contribution in [2.75, 3.05) is 25.1 Å². The predicted molar refractivity (Wildman–Crippen MR) is 157 cm³/mol. The second-order valence-electron chi connectivity index (χ2n) is 11.0. The maximum absolute atomic E-state index is 12.2. The van der Waals surface area contributed by atoms with E-state index in [0.717, 1.165) is 42.5 Å². The van der Waals surface area contributed by atoms with Crippen molar-refractivity contribution in [1.82, 2.24) is 29.9 Å². The van der Waals surface area contributed by atoms with Crippen molar-refractivity contribution in [2.24, 2.45) is 13.0 Å². The first-order valence-corrected chi connectivity index (χ1v) is 14.1. The van der Waals surface area contributed by atoms with Crippen LogP contribution in [0.15, 0.2) is 59.4 Å². The number of aryl methyl sites for hydroxylation is 1. The first-order valence-electron chi connectivity index (χ1n) is 14.1. The minimum Gasteiger partial charge on any atom is -0.507 e. The van der Waals surface area contributed by atoms with Crippen LogP contribution in [0.25, 0.3) is 33.5 Å². The third-order valence-corrected chi connectivity index (χ3v) is 8.10. The maximum Gasteiger partial charge on any atom is 0.316 e. The van der Waals surface area contributed by atoms with E-state index in [-0.39, 0.29) is 17.6 Å². The van der Waals surface area contributed by atoms with Gasteiger partial charge in [0.25, 0.3) is 0 Å². The highest BCUT2D eigenvalue weighted by atomic mass is 16.5. The number of para-hydroxylation sites is 1. The number of carbonyl (C=O) groups excluding carboxylic acids is 1. The number of hydrogen-bond donors (Lipinski definition) is 1.